The molecule has 1 aliphatic carbocycles. The van der Waals surface area contributed by atoms with Crippen LogP contribution in [0.1, 0.15) is 39.0 Å². The van der Waals surface area contributed by atoms with Gasteiger partial charge in [-0.3, -0.25) is 9.59 Å². The fraction of sp³-hybridized carbons (Fsp3) is 0.522. The quantitative estimate of drug-likeness (QED) is 0.744. The SMILES string of the molecule is CC(=O)C1(C(=O)Nc2ccccc2)SC2(CCCCC2)C(C#N)=C1N1CCOCC1. The fourth-order valence-corrected chi connectivity index (χ4v) is 6.81. The number of nitrogens with one attached hydrogen (secondary N) is 1. The molecule has 4 rings (SSSR count). The molecule has 1 saturated heterocycles. The molecule has 0 aromatic heterocycles. The molecule has 1 unspecified atom stereocenters. The van der Waals surface area contributed by atoms with Gasteiger partial charge in [0.15, 0.2) is 10.5 Å². The zero-order valence-corrected chi connectivity index (χ0v) is 18.1. The molecule has 1 saturated carbocycles. The molecule has 1 spiro atoms. The van der Waals surface area contributed by atoms with Crippen molar-refractivity contribution in [3.05, 3.63) is 41.6 Å². The molecule has 2 heterocycles. The highest BCUT2D eigenvalue weighted by Crippen LogP contribution is 2.60. The van der Waals surface area contributed by atoms with Gasteiger partial charge in [0.2, 0.25) is 0 Å². The third kappa shape index (κ3) is 3.42. The van der Waals surface area contributed by atoms with Crippen LogP contribution in [0.3, 0.4) is 0 Å². The van der Waals surface area contributed by atoms with Crippen molar-refractivity contribution >= 4 is 29.1 Å². The van der Waals surface area contributed by atoms with Gasteiger partial charge in [-0.25, -0.2) is 0 Å². The lowest BCUT2D eigenvalue weighted by Gasteiger charge is -2.38. The number of carbonyl (C=O) groups excluding carboxylic acids is 2. The van der Waals surface area contributed by atoms with Gasteiger partial charge in [-0.2, -0.15) is 5.26 Å². The average molecular weight is 426 g/mol. The van der Waals surface area contributed by atoms with Crippen LogP contribution in [0.25, 0.3) is 0 Å². The van der Waals surface area contributed by atoms with E-state index < -0.39 is 9.49 Å². The van der Waals surface area contributed by atoms with Crippen LogP contribution in [0.15, 0.2) is 41.6 Å². The molecule has 1 aromatic carbocycles. The zero-order chi connectivity index (χ0) is 21.2. The molecule has 30 heavy (non-hydrogen) atoms. The topological polar surface area (TPSA) is 82.4 Å². The number of Topliss-reactive ketones (excluding diaryl/α,β-unsaturated/α-hetero) is 1. The monoisotopic (exact) mass is 425 g/mol. The van der Waals surface area contributed by atoms with Crippen molar-refractivity contribution < 1.29 is 14.3 Å². The molecule has 2 aliphatic heterocycles. The highest BCUT2D eigenvalue weighted by Gasteiger charge is 2.63. The molecule has 1 amide bonds. The van der Waals surface area contributed by atoms with Gasteiger partial charge in [0.25, 0.3) is 5.91 Å². The van der Waals surface area contributed by atoms with Crippen molar-refractivity contribution in [3.63, 3.8) is 0 Å². The smallest absolute Gasteiger partial charge is 0.254 e. The van der Waals surface area contributed by atoms with Crippen molar-refractivity contribution in [3.8, 4) is 6.07 Å². The van der Waals surface area contributed by atoms with E-state index in [-0.39, 0.29) is 11.7 Å². The van der Waals surface area contributed by atoms with Crippen molar-refractivity contribution in [1.82, 2.24) is 4.90 Å². The number of rotatable bonds is 4. The van der Waals surface area contributed by atoms with Gasteiger partial charge in [-0.1, -0.05) is 37.5 Å². The van der Waals surface area contributed by atoms with E-state index in [1.165, 1.54) is 18.7 Å². The number of morpholine rings is 1. The Kier molecular flexibility index (Phi) is 5.90. The van der Waals surface area contributed by atoms with E-state index in [0.717, 1.165) is 32.1 Å². The van der Waals surface area contributed by atoms with Crippen LogP contribution in [0, 0.1) is 11.3 Å². The van der Waals surface area contributed by atoms with Gasteiger partial charge in [0, 0.05) is 18.8 Å². The Hall–Kier alpha value is -2.30. The van der Waals surface area contributed by atoms with Crippen LogP contribution < -0.4 is 5.32 Å². The first-order chi connectivity index (χ1) is 14.5. The normalized spacial score (nSPS) is 25.8. The van der Waals surface area contributed by atoms with E-state index in [1.807, 2.05) is 35.2 Å². The van der Waals surface area contributed by atoms with Crippen LogP contribution in [0.5, 0.6) is 0 Å². The molecule has 0 bridgehead atoms. The van der Waals surface area contributed by atoms with Crippen molar-refractivity contribution in [2.75, 3.05) is 31.6 Å². The maximum Gasteiger partial charge on any atom is 0.254 e. The molecule has 6 nitrogen and oxygen atoms in total. The summed E-state index contributed by atoms with van der Waals surface area (Å²) in [5.41, 5.74) is 1.86. The number of carbonyl (C=O) groups is 2. The van der Waals surface area contributed by atoms with Gasteiger partial charge in [-0.05, 0) is 31.9 Å². The van der Waals surface area contributed by atoms with Crippen molar-refractivity contribution in [2.24, 2.45) is 0 Å². The van der Waals surface area contributed by atoms with Gasteiger partial charge in [0.1, 0.15) is 0 Å². The Balaban J connectivity index is 1.84. The molecule has 0 radical (unpaired) electrons. The van der Waals surface area contributed by atoms with E-state index in [9.17, 15) is 14.9 Å². The zero-order valence-electron chi connectivity index (χ0n) is 17.3. The summed E-state index contributed by atoms with van der Waals surface area (Å²) in [5.74, 6) is -0.583. The number of ether oxygens (including phenoxy) is 1. The number of para-hydroxylation sites is 1. The second kappa shape index (κ2) is 8.44. The molecule has 2 fully saturated rings. The summed E-state index contributed by atoms with van der Waals surface area (Å²) >= 11 is 1.41. The Morgan fingerprint density at radius 1 is 1.13 bits per heavy atom. The number of benzene rings is 1. The Morgan fingerprint density at radius 2 is 1.80 bits per heavy atom. The third-order valence-electron chi connectivity index (χ3n) is 6.32. The first-order valence-corrected chi connectivity index (χ1v) is 11.4. The summed E-state index contributed by atoms with van der Waals surface area (Å²) in [7, 11) is 0. The largest absolute Gasteiger partial charge is 0.378 e. The van der Waals surface area contributed by atoms with Gasteiger partial charge in [-0.15, -0.1) is 11.8 Å². The van der Waals surface area contributed by atoms with Crippen LogP contribution in [0.4, 0.5) is 5.69 Å². The average Bonchev–Trinajstić information content (AvgIpc) is 3.06. The number of ketones is 1. The lowest BCUT2D eigenvalue weighted by molar-refractivity contribution is -0.127. The van der Waals surface area contributed by atoms with E-state index in [4.69, 9.17) is 4.74 Å². The van der Waals surface area contributed by atoms with Crippen molar-refractivity contribution in [1.29, 1.82) is 5.26 Å². The number of hydrogen-bond acceptors (Lipinski definition) is 6. The van der Waals surface area contributed by atoms with Crippen LogP contribution >= 0.6 is 11.8 Å². The van der Waals surface area contributed by atoms with Gasteiger partial charge < -0.3 is 15.0 Å². The predicted octanol–water partition coefficient (Wildman–Crippen LogP) is 3.51. The lowest BCUT2D eigenvalue weighted by Crippen LogP contribution is -2.53. The standard InChI is InChI=1S/C23H27N3O3S/c1-17(27)23(21(28)25-18-8-4-2-5-9-18)20(26-12-14-29-15-13-26)19(16-24)22(30-23)10-6-3-7-11-22/h2,4-5,8-9H,3,6-7,10-15H2,1H3,(H,25,28). The highest BCUT2D eigenvalue weighted by atomic mass is 32.2. The summed E-state index contributed by atoms with van der Waals surface area (Å²) < 4.78 is 3.62. The summed E-state index contributed by atoms with van der Waals surface area (Å²) in [5, 5.41) is 13.2. The minimum Gasteiger partial charge on any atom is -0.378 e. The fourth-order valence-electron chi connectivity index (χ4n) is 4.87. The second-order valence-corrected chi connectivity index (χ2v) is 9.75. The first kappa shape index (κ1) is 21.0. The highest BCUT2D eigenvalue weighted by molar-refractivity contribution is 8.04. The van der Waals surface area contributed by atoms with Gasteiger partial charge in [0.05, 0.1) is 35.3 Å². The maximum absolute atomic E-state index is 13.8. The Bertz CT molecular complexity index is 896. The predicted molar refractivity (Wildman–Crippen MR) is 117 cm³/mol. The maximum atomic E-state index is 13.8. The van der Waals surface area contributed by atoms with Crippen LogP contribution in [-0.4, -0.2) is 52.4 Å². The number of hydrogen-bond donors (Lipinski definition) is 1. The molecule has 3 aliphatic rings. The molecule has 1 atom stereocenters. The summed E-state index contributed by atoms with van der Waals surface area (Å²) in [6.45, 7) is 3.67. The molecule has 1 N–H and O–H groups in total. The summed E-state index contributed by atoms with van der Waals surface area (Å²) in [4.78, 5) is 29.1. The Morgan fingerprint density at radius 3 is 2.40 bits per heavy atom. The number of nitrogens with zero attached hydrogens (tertiary/aromatic N) is 2. The minimum absolute atomic E-state index is 0.224. The van der Waals surface area contributed by atoms with E-state index in [0.29, 0.717) is 43.3 Å². The van der Waals surface area contributed by atoms with Crippen LogP contribution in [-0.2, 0) is 14.3 Å². The molecular formula is C23H27N3O3S. The number of nitriles is 1. The molecule has 158 valence electrons. The van der Waals surface area contributed by atoms with Crippen LogP contribution in [0.2, 0.25) is 0 Å². The molecule has 7 heteroatoms. The molecule has 1 aromatic rings. The lowest BCUT2D eigenvalue weighted by atomic mass is 9.80. The van der Waals surface area contributed by atoms with E-state index in [2.05, 4.69) is 11.4 Å². The number of amides is 1. The minimum atomic E-state index is -1.42. The van der Waals surface area contributed by atoms with E-state index in [1.54, 1.807) is 0 Å². The first-order valence-electron chi connectivity index (χ1n) is 10.6. The molecular weight excluding hydrogens is 398 g/mol. The summed E-state index contributed by atoms with van der Waals surface area (Å²) in [6.07, 6.45) is 4.77. The second-order valence-electron chi connectivity index (χ2n) is 8.15. The summed E-state index contributed by atoms with van der Waals surface area (Å²) in [6, 6.07) is 11.6. The number of anilines is 1. The van der Waals surface area contributed by atoms with E-state index >= 15 is 0 Å². The Labute approximate surface area is 181 Å². The van der Waals surface area contributed by atoms with Crippen molar-refractivity contribution in [2.45, 2.75) is 48.5 Å². The van der Waals surface area contributed by atoms with Gasteiger partial charge >= 0.3 is 0 Å². The third-order valence-corrected chi connectivity index (χ3v) is 8.30. The number of thioether (sulfide) groups is 1.